The fraction of sp³-hybridized carbons (Fsp3) is 0.579. The standard InChI is InChI=1S/C19H28N6O3/c1-4-25-16(12-17(26)22(3)19(25)28)24-9-5-6-15(13-24)18(27)21-8-11-23-10-7-20-14(23)2/h7,10,12,15H,4-6,8-9,11,13H2,1-3H3,(H,21,27). The molecule has 1 N–H and O–H groups in total. The number of nitrogens with one attached hydrogen (secondary N) is 1. The van der Waals surface area contributed by atoms with Crippen LogP contribution in [0.2, 0.25) is 0 Å². The molecule has 28 heavy (non-hydrogen) atoms. The Kier molecular flexibility index (Phi) is 6.01. The van der Waals surface area contributed by atoms with E-state index in [1.54, 1.807) is 10.8 Å². The molecular weight excluding hydrogens is 360 g/mol. The van der Waals surface area contributed by atoms with E-state index in [1.807, 2.05) is 29.5 Å². The molecule has 2 aromatic rings. The number of amides is 1. The largest absolute Gasteiger partial charge is 0.357 e. The topological polar surface area (TPSA) is 94.2 Å². The molecule has 0 spiro atoms. The monoisotopic (exact) mass is 388 g/mol. The van der Waals surface area contributed by atoms with Crippen molar-refractivity contribution in [3.8, 4) is 0 Å². The van der Waals surface area contributed by atoms with Crippen molar-refractivity contribution in [2.24, 2.45) is 13.0 Å². The van der Waals surface area contributed by atoms with Gasteiger partial charge >= 0.3 is 5.69 Å². The summed E-state index contributed by atoms with van der Waals surface area (Å²) in [5, 5.41) is 3.00. The van der Waals surface area contributed by atoms with E-state index in [0.29, 0.717) is 32.0 Å². The van der Waals surface area contributed by atoms with Crippen molar-refractivity contribution in [2.75, 3.05) is 24.5 Å². The van der Waals surface area contributed by atoms with Crippen LogP contribution in [-0.2, 0) is 24.9 Å². The molecule has 1 amide bonds. The van der Waals surface area contributed by atoms with E-state index >= 15 is 0 Å². The summed E-state index contributed by atoms with van der Waals surface area (Å²) in [5.41, 5.74) is -0.653. The first-order valence-corrected chi connectivity index (χ1v) is 9.73. The van der Waals surface area contributed by atoms with Gasteiger partial charge in [-0.25, -0.2) is 9.78 Å². The summed E-state index contributed by atoms with van der Waals surface area (Å²) in [6.45, 7) is 6.73. The van der Waals surface area contributed by atoms with Gasteiger partial charge in [-0.1, -0.05) is 0 Å². The Morgan fingerprint density at radius 3 is 2.82 bits per heavy atom. The summed E-state index contributed by atoms with van der Waals surface area (Å²) in [7, 11) is 1.48. The van der Waals surface area contributed by atoms with Crippen LogP contribution in [0.3, 0.4) is 0 Å². The highest BCUT2D eigenvalue weighted by Crippen LogP contribution is 2.22. The highest BCUT2D eigenvalue weighted by Gasteiger charge is 2.27. The Hall–Kier alpha value is -2.84. The lowest BCUT2D eigenvalue weighted by Gasteiger charge is -2.34. The van der Waals surface area contributed by atoms with Gasteiger partial charge in [0.05, 0.1) is 5.92 Å². The lowest BCUT2D eigenvalue weighted by Crippen LogP contribution is -2.47. The van der Waals surface area contributed by atoms with E-state index in [9.17, 15) is 14.4 Å². The van der Waals surface area contributed by atoms with Crippen molar-refractivity contribution in [3.05, 3.63) is 45.1 Å². The van der Waals surface area contributed by atoms with Gasteiger partial charge in [-0.05, 0) is 26.7 Å². The van der Waals surface area contributed by atoms with Crippen molar-refractivity contribution < 1.29 is 4.79 Å². The van der Waals surface area contributed by atoms with Crippen molar-refractivity contribution in [1.29, 1.82) is 0 Å². The number of hydrogen-bond acceptors (Lipinski definition) is 5. The number of carbonyl (C=O) groups is 1. The maximum Gasteiger partial charge on any atom is 0.332 e. The van der Waals surface area contributed by atoms with Gasteiger partial charge < -0.3 is 14.8 Å². The molecule has 0 bridgehead atoms. The third kappa shape index (κ3) is 4.02. The Morgan fingerprint density at radius 2 is 2.14 bits per heavy atom. The van der Waals surface area contributed by atoms with Crippen LogP contribution in [0.4, 0.5) is 5.82 Å². The molecule has 9 heteroatoms. The molecule has 0 saturated carbocycles. The van der Waals surface area contributed by atoms with Gasteiger partial charge in [0.2, 0.25) is 5.91 Å². The Bertz CT molecular complexity index is 957. The molecule has 0 radical (unpaired) electrons. The molecule has 1 aliphatic heterocycles. The minimum Gasteiger partial charge on any atom is -0.357 e. The minimum absolute atomic E-state index is 0.0108. The van der Waals surface area contributed by atoms with E-state index < -0.39 is 0 Å². The van der Waals surface area contributed by atoms with E-state index in [1.165, 1.54) is 13.1 Å². The zero-order chi connectivity index (χ0) is 20.3. The SMILES string of the molecule is CCn1c(N2CCCC(C(=O)NCCn3ccnc3C)C2)cc(=O)n(C)c1=O. The van der Waals surface area contributed by atoms with Gasteiger partial charge in [0.25, 0.3) is 5.56 Å². The molecule has 1 atom stereocenters. The zero-order valence-electron chi connectivity index (χ0n) is 16.7. The highest BCUT2D eigenvalue weighted by atomic mass is 16.2. The van der Waals surface area contributed by atoms with E-state index in [2.05, 4.69) is 10.3 Å². The number of rotatable bonds is 6. The molecule has 1 fully saturated rings. The fourth-order valence-corrected chi connectivity index (χ4v) is 3.70. The maximum atomic E-state index is 12.6. The van der Waals surface area contributed by atoms with Crippen LogP contribution in [0.5, 0.6) is 0 Å². The molecule has 3 rings (SSSR count). The van der Waals surface area contributed by atoms with Gasteiger partial charge in [0.15, 0.2) is 0 Å². The second kappa shape index (κ2) is 8.45. The van der Waals surface area contributed by atoms with Gasteiger partial charge in [-0.15, -0.1) is 0 Å². The van der Waals surface area contributed by atoms with Crippen LogP contribution in [0.15, 0.2) is 28.0 Å². The van der Waals surface area contributed by atoms with Crippen LogP contribution in [-0.4, -0.2) is 44.2 Å². The average Bonchev–Trinajstić information content (AvgIpc) is 3.10. The third-order valence-corrected chi connectivity index (χ3v) is 5.39. The summed E-state index contributed by atoms with van der Waals surface area (Å²) in [5.74, 6) is 1.36. The van der Waals surface area contributed by atoms with Crippen molar-refractivity contribution in [3.63, 3.8) is 0 Å². The third-order valence-electron chi connectivity index (χ3n) is 5.39. The van der Waals surface area contributed by atoms with Gasteiger partial charge in [-0.2, -0.15) is 0 Å². The quantitative estimate of drug-likeness (QED) is 0.758. The number of aromatic nitrogens is 4. The van der Waals surface area contributed by atoms with E-state index in [0.717, 1.165) is 29.8 Å². The Morgan fingerprint density at radius 1 is 1.36 bits per heavy atom. The summed E-state index contributed by atoms with van der Waals surface area (Å²) < 4.78 is 4.69. The Balaban J connectivity index is 1.67. The molecule has 0 aromatic carbocycles. The van der Waals surface area contributed by atoms with Gasteiger partial charge in [-0.3, -0.25) is 18.7 Å². The van der Waals surface area contributed by atoms with E-state index in [4.69, 9.17) is 0 Å². The first kappa shape index (κ1) is 19.9. The first-order chi connectivity index (χ1) is 13.4. The minimum atomic E-state index is -0.327. The summed E-state index contributed by atoms with van der Waals surface area (Å²) in [4.78, 5) is 43.3. The number of carbonyl (C=O) groups excluding carboxylic acids is 1. The lowest BCUT2D eigenvalue weighted by molar-refractivity contribution is -0.125. The van der Waals surface area contributed by atoms with Gasteiger partial charge in [0.1, 0.15) is 11.6 Å². The van der Waals surface area contributed by atoms with Crippen LogP contribution < -0.4 is 21.5 Å². The summed E-state index contributed by atoms with van der Waals surface area (Å²) in [6, 6.07) is 1.49. The molecule has 1 saturated heterocycles. The molecule has 1 aliphatic rings. The second-order valence-electron chi connectivity index (χ2n) is 7.17. The number of nitrogens with zero attached hydrogens (tertiary/aromatic N) is 5. The Labute approximate surface area is 163 Å². The first-order valence-electron chi connectivity index (χ1n) is 9.73. The smallest absolute Gasteiger partial charge is 0.332 e. The summed E-state index contributed by atoms with van der Waals surface area (Å²) >= 11 is 0. The van der Waals surface area contributed by atoms with Crippen LogP contribution in [0, 0.1) is 12.8 Å². The molecule has 9 nitrogen and oxygen atoms in total. The molecule has 3 heterocycles. The van der Waals surface area contributed by atoms with Crippen LogP contribution in [0.25, 0.3) is 0 Å². The van der Waals surface area contributed by atoms with E-state index in [-0.39, 0.29) is 23.1 Å². The van der Waals surface area contributed by atoms with Gasteiger partial charge in [0, 0.05) is 58.2 Å². The molecule has 2 aromatic heterocycles. The average molecular weight is 388 g/mol. The second-order valence-corrected chi connectivity index (χ2v) is 7.17. The molecular formula is C19H28N6O3. The van der Waals surface area contributed by atoms with Crippen molar-refractivity contribution in [2.45, 2.75) is 39.8 Å². The lowest BCUT2D eigenvalue weighted by atomic mass is 9.97. The number of piperidine rings is 1. The zero-order valence-corrected chi connectivity index (χ0v) is 16.7. The van der Waals surface area contributed by atoms with Crippen LogP contribution in [0.1, 0.15) is 25.6 Å². The highest BCUT2D eigenvalue weighted by molar-refractivity contribution is 5.79. The number of hydrogen-bond donors (Lipinski definition) is 1. The number of imidazole rings is 1. The van der Waals surface area contributed by atoms with Crippen molar-refractivity contribution in [1.82, 2.24) is 24.0 Å². The normalized spacial score (nSPS) is 17.0. The van der Waals surface area contributed by atoms with Crippen LogP contribution >= 0.6 is 0 Å². The predicted molar refractivity (Wildman–Crippen MR) is 107 cm³/mol. The summed E-state index contributed by atoms with van der Waals surface area (Å²) in [6.07, 6.45) is 5.27. The molecule has 0 aliphatic carbocycles. The van der Waals surface area contributed by atoms with Crippen molar-refractivity contribution >= 4 is 11.7 Å². The number of anilines is 1. The predicted octanol–water partition coefficient (Wildman–Crippen LogP) is 0.105. The molecule has 1 unspecified atom stereocenters. The maximum absolute atomic E-state index is 12.6. The molecule has 152 valence electrons. The number of aryl methyl sites for hydroxylation is 1. The fourth-order valence-electron chi connectivity index (χ4n) is 3.70.